The van der Waals surface area contributed by atoms with E-state index in [9.17, 15) is 0 Å². The van der Waals surface area contributed by atoms with Gasteiger partial charge in [-0.1, -0.05) is 0 Å². The highest BCUT2D eigenvalue weighted by Crippen LogP contribution is 2.39. The zero-order valence-electron chi connectivity index (χ0n) is 6.97. The Labute approximate surface area is 82.3 Å². The van der Waals surface area contributed by atoms with Crippen molar-refractivity contribution in [2.24, 2.45) is 5.50 Å². The van der Waals surface area contributed by atoms with Gasteiger partial charge in [0.25, 0.3) is 6.64 Å². The molecule has 0 rings (SSSR count). The molecule has 0 aromatic heterocycles. The van der Waals surface area contributed by atoms with Crippen LogP contribution in [0.4, 0.5) is 0 Å². The van der Waals surface area contributed by atoms with E-state index in [0.717, 1.165) is 0 Å². The van der Waals surface area contributed by atoms with Crippen molar-refractivity contribution >= 4 is 18.4 Å². The maximum Gasteiger partial charge on any atom is 0.258 e. The van der Waals surface area contributed by atoms with Gasteiger partial charge in [0, 0.05) is 0 Å². The van der Waals surface area contributed by atoms with E-state index < -0.39 is 6.64 Å². The first kappa shape index (κ1) is 12.5. The second kappa shape index (κ2) is 6.97. The summed E-state index contributed by atoms with van der Waals surface area (Å²) in [6, 6.07) is 3.78. The SMILES string of the molecule is N#CCCOP(N)(=S)OCCC#N. The van der Waals surface area contributed by atoms with Gasteiger partial charge in [-0.05, 0) is 11.8 Å². The second-order valence-corrected chi connectivity index (χ2v) is 5.15. The molecule has 72 valence electrons. The Morgan fingerprint density at radius 3 is 1.85 bits per heavy atom. The fourth-order valence-corrected chi connectivity index (χ4v) is 1.69. The van der Waals surface area contributed by atoms with Crippen LogP contribution < -0.4 is 5.50 Å². The number of nitrogens with two attached hydrogens (primary N) is 1. The zero-order valence-corrected chi connectivity index (χ0v) is 8.68. The van der Waals surface area contributed by atoms with Crippen molar-refractivity contribution in [2.45, 2.75) is 12.8 Å². The highest BCUT2D eigenvalue weighted by molar-refractivity contribution is 8.08. The highest BCUT2D eigenvalue weighted by atomic mass is 32.5. The van der Waals surface area contributed by atoms with Crippen LogP contribution in [-0.4, -0.2) is 13.2 Å². The lowest BCUT2D eigenvalue weighted by Crippen LogP contribution is -2.05. The minimum Gasteiger partial charge on any atom is -0.317 e. The Balaban J connectivity index is 3.63. The molecule has 0 unspecified atom stereocenters. The molecule has 0 aliphatic rings. The van der Waals surface area contributed by atoms with Crippen molar-refractivity contribution in [1.29, 1.82) is 10.5 Å². The summed E-state index contributed by atoms with van der Waals surface area (Å²) in [6.07, 6.45) is 0.467. The average molecular weight is 219 g/mol. The largest absolute Gasteiger partial charge is 0.317 e. The summed E-state index contributed by atoms with van der Waals surface area (Å²) in [4.78, 5) is 0. The molecular weight excluding hydrogens is 209 g/mol. The van der Waals surface area contributed by atoms with Gasteiger partial charge < -0.3 is 9.05 Å². The molecule has 0 bridgehead atoms. The van der Waals surface area contributed by atoms with Crippen LogP contribution in [0.5, 0.6) is 0 Å². The molecule has 0 fully saturated rings. The van der Waals surface area contributed by atoms with Crippen LogP contribution in [-0.2, 0) is 20.9 Å². The Kier molecular flexibility index (Phi) is 6.70. The highest BCUT2D eigenvalue weighted by Gasteiger charge is 2.11. The third kappa shape index (κ3) is 7.86. The van der Waals surface area contributed by atoms with Gasteiger partial charge in [0.1, 0.15) is 0 Å². The van der Waals surface area contributed by atoms with Gasteiger partial charge in [0.15, 0.2) is 0 Å². The molecule has 0 aromatic carbocycles. The van der Waals surface area contributed by atoms with Gasteiger partial charge in [0.2, 0.25) is 0 Å². The summed E-state index contributed by atoms with van der Waals surface area (Å²) in [7, 11) is 0. The van der Waals surface area contributed by atoms with E-state index in [1.54, 1.807) is 0 Å². The number of hydrogen-bond donors (Lipinski definition) is 1. The molecule has 5 nitrogen and oxygen atoms in total. The van der Waals surface area contributed by atoms with Crippen molar-refractivity contribution in [3.63, 3.8) is 0 Å². The van der Waals surface area contributed by atoms with Gasteiger partial charge in [-0.15, -0.1) is 0 Å². The van der Waals surface area contributed by atoms with Crippen LogP contribution in [0, 0.1) is 22.7 Å². The lowest BCUT2D eigenvalue weighted by molar-refractivity contribution is 0.255. The Hall–Kier alpha value is -0.490. The van der Waals surface area contributed by atoms with Crippen LogP contribution >= 0.6 is 6.64 Å². The molecule has 7 heteroatoms. The van der Waals surface area contributed by atoms with Gasteiger partial charge in [-0.25, -0.2) is 0 Å². The normalized spacial score (nSPS) is 10.4. The molecule has 0 saturated heterocycles. The summed E-state index contributed by atoms with van der Waals surface area (Å²) in [5.41, 5.74) is 5.46. The number of hydrogen-bond acceptors (Lipinski definition) is 5. The minimum absolute atomic E-state index is 0.177. The quantitative estimate of drug-likeness (QED) is 0.529. The number of nitrogens with zero attached hydrogens (tertiary/aromatic N) is 2. The first-order valence-electron chi connectivity index (χ1n) is 3.54. The van der Waals surface area contributed by atoms with E-state index in [-0.39, 0.29) is 26.1 Å². The summed E-state index contributed by atoms with van der Waals surface area (Å²) < 4.78 is 9.93. The van der Waals surface area contributed by atoms with Crippen LogP contribution in [0.3, 0.4) is 0 Å². The van der Waals surface area contributed by atoms with Crippen molar-refractivity contribution in [2.75, 3.05) is 13.2 Å². The lowest BCUT2D eigenvalue weighted by atomic mass is 10.5. The summed E-state index contributed by atoms with van der Waals surface area (Å²) in [5.74, 6) is 0. The summed E-state index contributed by atoms with van der Waals surface area (Å²) in [6.45, 7) is -2.37. The molecule has 0 radical (unpaired) electrons. The van der Waals surface area contributed by atoms with E-state index in [1.807, 2.05) is 12.1 Å². The number of nitriles is 2. The second-order valence-electron chi connectivity index (χ2n) is 2.02. The molecule has 0 saturated carbocycles. The molecule has 0 atom stereocenters. The topological polar surface area (TPSA) is 92.1 Å². The molecule has 0 aliphatic heterocycles. The van der Waals surface area contributed by atoms with Crippen molar-refractivity contribution < 1.29 is 9.05 Å². The average Bonchev–Trinajstić information content (AvgIpc) is 2.05. The molecule has 0 spiro atoms. The standard InChI is InChI=1S/C6H10N3O2PS/c7-3-1-5-10-12(9,13)11-6-2-4-8/h1-2,5-6H2,(H2,9,13). The fraction of sp³-hybridized carbons (Fsp3) is 0.667. The van der Waals surface area contributed by atoms with E-state index in [0.29, 0.717) is 0 Å². The van der Waals surface area contributed by atoms with Crippen molar-refractivity contribution in [3.8, 4) is 12.1 Å². The van der Waals surface area contributed by atoms with E-state index in [1.165, 1.54) is 0 Å². The van der Waals surface area contributed by atoms with Crippen LogP contribution in [0.2, 0.25) is 0 Å². The molecular formula is C6H10N3O2PS. The first-order chi connectivity index (χ1) is 6.12. The van der Waals surface area contributed by atoms with Crippen LogP contribution in [0.25, 0.3) is 0 Å². The fourth-order valence-electron chi connectivity index (χ4n) is 0.474. The Morgan fingerprint density at radius 2 is 1.54 bits per heavy atom. The lowest BCUT2D eigenvalue weighted by Gasteiger charge is -2.15. The zero-order chi connectivity index (χ0) is 10.2. The molecule has 0 amide bonds. The van der Waals surface area contributed by atoms with E-state index in [4.69, 9.17) is 36.9 Å². The van der Waals surface area contributed by atoms with Gasteiger partial charge in [-0.2, -0.15) is 10.5 Å². The third-order valence-electron chi connectivity index (χ3n) is 0.970. The molecule has 0 aromatic rings. The minimum atomic E-state index is -2.72. The van der Waals surface area contributed by atoms with Gasteiger partial charge in [-0.3, -0.25) is 5.50 Å². The third-order valence-corrected chi connectivity index (χ3v) is 2.69. The molecule has 13 heavy (non-hydrogen) atoms. The summed E-state index contributed by atoms with van der Waals surface area (Å²) in [5, 5.41) is 16.4. The summed E-state index contributed by atoms with van der Waals surface area (Å²) >= 11 is 4.80. The number of rotatable bonds is 6. The maximum absolute atomic E-state index is 8.20. The molecule has 0 heterocycles. The van der Waals surface area contributed by atoms with Crippen LogP contribution in [0.15, 0.2) is 0 Å². The molecule has 2 N–H and O–H groups in total. The smallest absolute Gasteiger partial charge is 0.258 e. The molecule has 0 aliphatic carbocycles. The maximum atomic E-state index is 8.20. The monoisotopic (exact) mass is 219 g/mol. The van der Waals surface area contributed by atoms with Crippen molar-refractivity contribution in [1.82, 2.24) is 0 Å². The van der Waals surface area contributed by atoms with Crippen LogP contribution in [0.1, 0.15) is 12.8 Å². The van der Waals surface area contributed by atoms with E-state index in [2.05, 4.69) is 0 Å². The predicted molar refractivity (Wildman–Crippen MR) is 50.8 cm³/mol. The van der Waals surface area contributed by atoms with E-state index >= 15 is 0 Å². The van der Waals surface area contributed by atoms with Gasteiger partial charge >= 0.3 is 0 Å². The van der Waals surface area contributed by atoms with Crippen molar-refractivity contribution in [3.05, 3.63) is 0 Å². The Bertz CT molecular complexity index is 246. The Morgan fingerprint density at radius 1 is 1.15 bits per heavy atom. The predicted octanol–water partition coefficient (Wildman–Crippen LogP) is 1.03. The van der Waals surface area contributed by atoms with Gasteiger partial charge in [0.05, 0.1) is 38.2 Å². The first-order valence-corrected chi connectivity index (χ1v) is 6.24.